The fourth-order valence-electron chi connectivity index (χ4n) is 7.34. The Hall–Kier alpha value is -1.14. The Morgan fingerprint density at radius 1 is 0.706 bits per heavy atom. The van der Waals surface area contributed by atoms with Crippen LogP contribution in [0.3, 0.4) is 0 Å². The molecule has 0 aromatic heterocycles. The topological polar surface area (TPSA) is 64.7 Å². The van der Waals surface area contributed by atoms with Gasteiger partial charge in [0.15, 0.2) is 0 Å². The number of nitrogens with zero attached hydrogens (tertiary/aromatic N) is 2. The van der Waals surface area contributed by atoms with Gasteiger partial charge in [-0.15, -0.1) is 0 Å². The van der Waals surface area contributed by atoms with Crippen LogP contribution in [0.4, 0.5) is 0 Å². The Kier molecular flexibility index (Phi) is 8.95. The molecule has 2 aliphatic rings. The molecule has 34 heavy (non-hydrogen) atoms. The number of nitrogens with one attached hydrogen (secondary N) is 2. The second-order valence-electron chi connectivity index (χ2n) is 13.7. The maximum Gasteiger partial charge on any atom is 0.221 e. The average Bonchev–Trinajstić information content (AvgIpc) is 2.55. The molecule has 198 valence electrons. The standard InChI is InChI=1S/C28H54N4O2/c1-12-13-14-15-24(31(20(2)33)22-16-25(4,5)29-26(6,7)17-22)32(21(3)34)23-18-27(8,9)30-28(10,11)19-23/h22-24,29-30H,12-19H2,1-11H3. The summed E-state index contributed by atoms with van der Waals surface area (Å²) in [7, 11) is 0. The molecule has 2 N–H and O–H groups in total. The molecule has 2 saturated heterocycles. The lowest BCUT2D eigenvalue weighted by Crippen LogP contribution is -2.68. The van der Waals surface area contributed by atoms with E-state index < -0.39 is 0 Å². The van der Waals surface area contributed by atoms with Crippen LogP contribution in [0, 0.1) is 0 Å². The Bertz CT molecular complexity index is 640. The van der Waals surface area contributed by atoms with Gasteiger partial charge in [-0.3, -0.25) is 9.59 Å². The minimum Gasteiger partial charge on any atom is -0.319 e. The van der Waals surface area contributed by atoms with Crippen LogP contribution in [0.5, 0.6) is 0 Å². The molecule has 0 atom stereocenters. The molecule has 0 unspecified atom stereocenters. The molecule has 2 amide bonds. The van der Waals surface area contributed by atoms with E-state index in [1.54, 1.807) is 13.8 Å². The summed E-state index contributed by atoms with van der Waals surface area (Å²) in [6, 6.07) is 0.194. The van der Waals surface area contributed by atoms with Crippen molar-refractivity contribution in [3.05, 3.63) is 0 Å². The predicted octanol–water partition coefficient (Wildman–Crippen LogP) is 5.21. The second-order valence-corrected chi connectivity index (χ2v) is 13.7. The van der Waals surface area contributed by atoms with Crippen LogP contribution in [0.2, 0.25) is 0 Å². The highest BCUT2D eigenvalue weighted by Crippen LogP contribution is 2.37. The number of unbranched alkanes of at least 4 members (excludes halogenated alkanes) is 2. The van der Waals surface area contributed by atoms with E-state index in [2.05, 4.69) is 82.7 Å². The largest absolute Gasteiger partial charge is 0.319 e. The van der Waals surface area contributed by atoms with E-state index in [1.165, 1.54) is 0 Å². The van der Waals surface area contributed by atoms with E-state index in [-0.39, 0.29) is 52.2 Å². The van der Waals surface area contributed by atoms with Crippen LogP contribution in [0.15, 0.2) is 0 Å². The highest BCUT2D eigenvalue weighted by Gasteiger charge is 2.47. The molecular weight excluding hydrogens is 424 g/mol. The van der Waals surface area contributed by atoms with Gasteiger partial charge in [0.05, 0.1) is 0 Å². The fraction of sp³-hybridized carbons (Fsp3) is 0.929. The molecule has 0 spiro atoms. The van der Waals surface area contributed by atoms with E-state index in [9.17, 15) is 9.59 Å². The number of amides is 2. The first kappa shape index (κ1) is 29.1. The lowest BCUT2D eigenvalue weighted by atomic mass is 9.77. The van der Waals surface area contributed by atoms with Crippen molar-refractivity contribution in [2.45, 2.75) is 168 Å². The van der Waals surface area contributed by atoms with Crippen molar-refractivity contribution in [1.82, 2.24) is 20.4 Å². The number of carbonyl (C=O) groups excluding carboxylic acids is 2. The van der Waals surface area contributed by atoms with Crippen LogP contribution in [0.25, 0.3) is 0 Å². The summed E-state index contributed by atoms with van der Waals surface area (Å²) in [5, 5.41) is 7.51. The van der Waals surface area contributed by atoms with Crippen LogP contribution < -0.4 is 10.6 Å². The predicted molar refractivity (Wildman–Crippen MR) is 142 cm³/mol. The summed E-state index contributed by atoms with van der Waals surface area (Å²) >= 11 is 0. The highest BCUT2D eigenvalue weighted by atomic mass is 16.2. The molecule has 0 aromatic carbocycles. The molecule has 2 aliphatic heterocycles. The van der Waals surface area contributed by atoms with Crippen molar-refractivity contribution in [2.75, 3.05) is 0 Å². The average molecular weight is 479 g/mol. The number of hydrogen-bond acceptors (Lipinski definition) is 4. The van der Waals surface area contributed by atoms with Crippen molar-refractivity contribution in [3.8, 4) is 0 Å². The van der Waals surface area contributed by atoms with Crippen molar-refractivity contribution in [2.24, 2.45) is 0 Å². The number of hydrogen-bond donors (Lipinski definition) is 2. The zero-order chi connectivity index (χ0) is 26.1. The quantitative estimate of drug-likeness (QED) is 0.371. The van der Waals surface area contributed by atoms with Crippen molar-refractivity contribution >= 4 is 11.8 Å². The van der Waals surface area contributed by atoms with E-state index in [0.717, 1.165) is 51.4 Å². The summed E-state index contributed by atoms with van der Waals surface area (Å²) in [4.78, 5) is 30.9. The third-order valence-corrected chi connectivity index (χ3v) is 7.56. The minimum atomic E-state index is -0.203. The number of piperidine rings is 2. The van der Waals surface area contributed by atoms with Gasteiger partial charge in [0, 0.05) is 48.1 Å². The number of rotatable bonds is 8. The monoisotopic (exact) mass is 478 g/mol. The van der Waals surface area contributed by atoms with Gasteiger partial charge in [0.25, 0.3) is 0 Å². The Balaban J connectivity index is 2.52. The summed E-state index contributed by atoms with van der Waals surface area (Å²) in [6.07, 6.45) is 7.42. The first-order chi connectivity index (χ1) is 15.4. The third kappa shape index (κ3) is 7.68. The summed E-state index contributed by atoms with van der Waals surface area (Å²) in [5.41, 5.74) is -0.302. The molecule has 2 fully saturated rings. The van der Waals surface area contributed by atoms with Gasteiger partial charge >= 0.3 is 0 Å². The maximum absolute atomic E-state index is 13.4. The lowest BCUT2D eigenvalue weighted by Gasteiger charge is -2.55. The van der Waals surface area contributed by atoms with E-state index in [1.807, 2.05) is 0 Å². The molecule has 0 saturated carbocycles. The molecular formula is C28H54N4O2. The van der Waals surface area contributed by atoms with Gasteiger partial charge < -0.3 is 20.4 Å². The van der Waals surface area contributed by atoms with E-state index >= 15 is 0 Å². The molecule has 6 heteroatoms. The first-order valence-electron chi connectivity index (χ1n) is 13.6. The highest BCUT2D eigenvalue weighted by molar-refractivity contribution is 5.77. The van der Waals surface area contributed by atoms with Crippen molar-refractivity contribution in [1.29, 1.82) is 0 Å². The number of carbonyl (C=O) groups is 2. The second kappa shape index (κ2) is 10.5. The minimum absolute atomic E-state index is 0.0755. The zero-order valence-corrected chi connectivity index (χ0v) is 24.1. The lowest BCUT2D eigenvalue weighted by molar-refractivity contribution is -0.155. The Morgan fingerprint density at radius 3 is 1.29 bits per heavy atom. The molecule has 0 radical (unpaired) electrons. The molecule has 2 heterocycles. The van der Waals surface area contributed by atoms with Gasteiger partial charge in [-0.05, 0) is 93.9 Å². The smallest absolute Gasteiger partial charge is 0.221 e. The van der Waals surface area contributed by atoms with Gasteiger partial charge in [-0.1, -0.05) is 19.8 Å². The molecule has 2 rings (SSSR count). The normalized spacial score (nSPS) is 24.1. The molecule has 0 bridgehead atoms. The van der Waals surface area contributed by atoms with Crippen molar-refractivity contribution < 1.29 is 9.59 Å². The molecule has 0 aromatic rings. The molecule has 0 aliphatic carbocycles. The van der Waals surface area contributed by atoms with Gasteiger partial charge in [0.2, 0.25) is 11.8 Å². The summed E-state index contributed by atoms with van der Waals surface area (Å²) in [6.45, 7) is 23.4. The van der Waals surface area contributed by atoms with Gasteiger partial charge in [0.1, 0.15) is 6.17 Å². The van der Waals surface area contributed by atoms with Crippen LogP contribution in [0.1, 0.15) is 128 Å². The Morgan fingerprint density at radius 2 is 1.03 bits per heavy atom. The first-order valence-corrected chi connectivity index (χ1v) is 13.6. The third-order valence-electron chi connectivity index (χ3n) is 7.56. The van der Waals surface area contributed by atoms with E-state index in [0.29, 0.717) is 0 Å². The summed E-state index contributed by atoms with van der Waals surface area (Å²) < 4.78 is 0. The van der Waals surface area contributed by atoms with Crippen LogP contribution in [-0.2, 0) is 9.59 Å². The van der Waals surface area contributed by atoms with E-state index in [4.69, 9.17) is 0 Å². The Labute approximate surface area is 210 Å². The van der Waals surface area contributed by atoms with Crippen LogP contribution in [-0.4, -0.2) is 62.0 Å². The van der Waals surface area contributed by atoms with Gasteiger partial charge in [-0.2, -0.15) is 0 Å². The molecule has 6 nitrogen and oxygen atoms in total. The van der Waals surface area contributed by atoms with Gasteiger partial charge in [-0.25, -0.2) is 0 Å². The van der Waals surface area contributed by atoms with Crippen LogP contribution >= 0.6 is 0 Å². The zero-order valence-electron chi connectivity index (χ0n) is 24.1. The fourth-order valence-corrected chi connectivity index (χ4v) is 7.34. The SMILES string of the molecule is CCCCCC(N(C(C)=O)C1CC(C)(C)NC(C)(C)C1)N(C(C)=O)C1CC(C)(C)NC(C)(C)C1. The summed E-state index contributed by atoms with van der Waals surface area (Å²) in [5.74, 6) is 0.164. The van der Waals surface area contributed by atoms with Crippen molar-refractivity contribution in [3.63, 3.8) is 0 Å². The maximum atomic E-state index is 13.4.